The highest BCUT2D eigenvalue weighted by Gasteiger charge is 2.15. The van der Waals surface area contributed by atoms with Crippen molar-refractivity contribution in [3.05, 3.63) is 53.9 Å². The molecule has 1 amide bonds. The molecule has 0 spiro atoms. The van der Waals surface area contributed by atoms with Crippen LogP contribution in [0.1, 0.15) is 20.8 Å². The summed E-state index contributed by atoms with van der Waals surface area (Å²) in [6, 6.07) is 8.90. The number of anilines is 1. The highest BCUT2D eigenvalue weighted by atomic mass is 16.4. The van der Waals surface area contributed by atoms with Crippen LogP contribution >= 0.6 is 0 Å². The fraction of sp³-hybridized carbons (Fsp3) is 0. The van der Waals surface area contributed by atoms with Gasteiger partial charge < -0.3 is 15.5 Å². The Hall–Kier alpha value is -2.89. The first-order valence-electron chi connectivity index (χ1n) is 5.37. The highest BCUT2D eigenvalue weighted by molar-refractivity contribution is 6.05. The van der Waals surface area contributed by atoms with Crippen molar-refractivity contribution >= 4 is 17.6 Å². The van der Waals surface area contributed by atoms with E-state index in [4.69, 9.17) is 5.11 Å². The summed E-state index contributed by atoms with van der Waals surface area (Å²) in [5.41, 5.74) is -0.0861. The highest BCUT2D eigenvalue weighted by Crippen LogP contribution is 2.27. The molecule has 3 N–H and O–H groups in total. The maximum Gasteiger partial charge on any atom is 0.339 e. The van der Waals surface area contributed by atoms with Crippen LogP contribution in [0.25, 0.3) is 0 Å². The van der Waals surface area contributed by atoms with E-state index < -0.39 is 17.6 Å². The molecule has 0 saturated carbocycles. The molecule has 0 bridgehead atoms. The summed E-state index contributed by atoms with van der Waals surface area (Å²) in [4.78, 5) is 26.5. The van der Waals surface area contributed by atoms with E-state index in [-0.39, 0.29) is 16.9 Å². The molecular formula is C13H10N2O4. The van der Waals surface area contributed by atoms with Crippen molar-refractivity contribution in [2.45, 2.75) is 0 Å². The fourth-order valence-electron chi connectivity index (χ4n) is 1.50. The molecule has 0 fully saturated rings. The average molecular weight is 258 g/mol. The Morgan fingerprint density at radius 2 is 1.89 bits per heavy atom. The zero-order valence-electron chi connectivity index (χ0n) is 9.70. The SMILES string of the molecule is O=C(Nc1cccc(C(=O)O)c1O)c1ccccn1. The van der Waals surface area contributed by atoms with Crippen LogP contribution in [0, 0.1) is 0 Å². The molecule has 2 rings (SSSR count). The zero-order valence-corrected chi connectivity index (χ0v) is 9.70. The number of aromatic carboxylic acids is 1. The molecule has 1 heterocycles. The first-order chi connectivity index (χ1) is 9.09. The van der Waals surface area contributed by atoms with Gasteiger partial charge in [-0.15, -0.1) is 0 Å². The van der Waals surface area contributed by atoms with Crippen LogP contribution in [0.3, 0.4) is 0 Å². The first kappa shape index (κ1) is 12.6. The molecule has 1 aromatic carbocycles. The molecule has 6 nitrogen and oxygen atoms in total. The number of carboxylic acids is 1. The minimum absolute atomic E-state index is 0.0237. The number of rotatable bonds is 3. The quantitative estimate of drug-likeness (QED) is 0.728. The number of aromatic hydroxyl groups is 1. The van der Waals surface area contributed by atoms with E-state index >= 15 is 0 Å². The molecule has 2 aromatic rings. The average Bonchev–Trinajstić information content (AvgIpc) is 2.41. The second-order valence-corrected chi connectivity index (χ2v) is 3.68. The summed E-state index contributed by atoms with van der Waals surface area (Å²) in [6.07, 6.45) is 1.46. The van der Waals surface area contributed by atoms with Crippen molar-refractivity contribution < 1.29 is 19.8 Å². The smallest absolute Gasteiger partial charge is 0.339 e. The Labute approximate surface area is 108 Å². The molecule has 1 aromatic heterocycles. The number of para-hydroxylation sites is 1. The van der Waals surface area contributed by atoms with Gasteiger partial charge in [0.05, 0.1) is 5.69 Å². The molecule has 0 aliphatic heterocycles. The van der Waals surface area contributed by atoms with Gasteiger partial charge in [-0.05, 0) is 24.3 Å². The number of carboxylic acid groups (broad SMARTS) is 1. The Morgan fingerprint density at radius 3 is 2.53 bits per heavy atom. The number of carbonyl (C=O) groups is 2. The molecule has 0 saturated heterocycles. The normalized spacial score (nSPS) is 9.89. The number of aromatic nitrogens is 1. The van der Waals surface area contributed by atoms with Gasteiger partial charge in [-0.1, -0.05) is 12.1 Å². The number of phenols is 1. The number of hydrogen-bond donors (Lipinski definition) is 3. The van der Waals surface area contributed by atoms with Gasteiger partial charge in [0.25, 0.3) is 5.91 Å². The van der Waals surface area contributed by atoms with Gasteiger partial charge in [0.1, 0.15) is 11.3 Å². The summed E-state index contributed by atoms with van der Waals surface area (Å²) in [7, 11) is 0. The molecule has 19 heavy (non-hydrogen) atoms. The predicted octanol–water partition coefficient (Wildman–Crippen LogP) is 1.74. The van der Waals surface area contributed by atoms with Crippen molar-refractivity contribution in [1.29, 1.82) is 0 Å². The lowest BCUT2D eigenvalue weighted by atomic mass is 10.1. The fourth-order valence-corrected chi connectivity index (χ4v) is 1.50. The molecule has 0 aliphatic carbocycles. The van der Waals surface area contributed by atoms with Crippen molar-refractivity contribution in [1.82, 2.24) is 4.98 Å². The lowest BCUT2D eigenvalue weighted by molar-refractivity contribution is 0.0693. The Bertz CT molecular complexity index is 626. The van der Waals surface area contributed by atoms with E-state index in [9.17, 15) is 14.7 Å². The van der Waals surface area contributed by atoms with Crippen molar-refractivity contribution in [2.24, 2.45) is 0 Å². The first-order valence-corrected chi connectivity index (χ1v) is 5.37. The third kappa shape index (κ3) is 2.68. The third-order valence-electron chi connectivity index (χ3n) is 2.41. The summed E-state index contributed by atoms with van der Waals surface area (Å²) in [5, 5.41) is 21.0. The van der Waals surface area contributed by atoms with Gasteiger partial charge in [-0.25, -0.2) is 4.79 Å². The van der Waals surface area contributed by atoms with E-state index in [1.54, 1.807) is 12.1 Å². The van der Waals surface area contributed by atoms with E-state index in [0.717, 1.165) is 0 Å². The van der Waals surface area contributed by atoms with Crippen LogP contribution in [-0.2, 0) is 0 Å². The lowest BCUT2D eigenvalue weighted by Crippen LogP contribution is -2.14. The largest absolute Gasteiger partial charge is 0.505 e. The van der Waals surface area contributed by atoms with Gasteiger partial charge in [-0.2, -0.15) is 0 Å². The summed E-state index contributed by atoms with van der Waals surface area (Å²) >= 11 is 0. The number of carbonyl (C=O) groups excluding carboxylic acids is 1. The van der Waals surface area contributed by atoms with Gasteiger partial charge >= 0.3 is 5.97 Å². The Balaban J connectivity index is 2.27. The summed E-state index contributed by atoms with van der Waals surface area (Å²) in [6.45, 7) is 0. The van der Waals surface area contributed by atoms with Crippen molar-refractivity contribution in [3.63, 3.8) is 0 Å². The van der Waals surface area contributed by atoms with Crippen molar-refractivity contribution in [3.8, 4) is 5.75 Å². The van der Waals surface area contributed by atoms with Crippen LogP contribution in [0.2, 0.25) is 0 Å². The van der Waals surface area contributed by atoms with Gasteiger partial charge in [-0.3, -0.25) is 9.78 Å². The maximum absolute atomic E-state index is 11.8. The van der Waals surface area contributed by atoms with Crippen LogP contribution in [0.4, 0.5) is 5.69 Å². The molecule has 0 unspecified atom stereocenters. The summed E-state index contributed by atoms with van der Waals surface area (Å²) < 4.78 is 0. The monoisotopic (exact) mass is 258 g/mol. The van der Waals surface area contributed by atoms with E-state index in [1.807, 2.05) is 0 Å². The number of hydrogen-bond acceptors (Lipinski definition) is 4. The lowest BCUT2D eigenvalue weighted by Gasteiger charge is -2.08. The van der Waals surface area contributed by atoms with Crippen LogP contribution in [0.15, 0.2) is 42.6 Å². The van der Waals surface area contributed by atoms with E-state index in [0.29, 0.717) is 0 Å². The number of pyridine rings is 1. The van der Waals surface area contributed by atoms with Gasteiger partial charge in [0.15, 0.2) is 5.75 Å². The number of nitrogens with zero attached hydrogens (tertiary/aromatic N) is 1. The maximum atomic E-state index is 11.8. The molecule has 96 valence electrons. The van der Waals surface area contributed by atoms with Gasteiger partial charge in [0.2, 0.25) is 0 Å². The topological polar surface area (TPSA) is 99.5 Å². The molecular weight excluding hydrogens is 248 g/mol. The van der Waals surface area contributed by atoms with E-state index in [1.165, 1.54) is 30.5 Å². The second-order valence-electron chi connectivity index (χ2n) is 3.68. The van der Waals surface area contributed by atoms with Crippen molar-refractivity contribution in [2.75, 3.05) is 5.32 Å². The number of amides is 1. The Kier molecular flexibility index (Phi) is 3.42. The Morgan fingerprint density at radius 1 is 1.11 bits per heavy atom. The van der Waals surface area contributed by atoms with Gasteiger partial charge in [0, 0.05) is 6.20 Å². The minimum Gasteiger partial charge on any atom is -0.505 e. The zero-order chi connectivity index (χ0) is 13.8. The molecule has 0 aliphatic rings. The number of benzene rings is 1. The molecule has 6 heteroatoms. The van der Waals surface area contributed by atoms with Crippen LogP contribution in [0.5, 0.6) is 5.75 Å². The minimum atomic E-state index is -1.27. The number of nitrogens with one attached hydrogen (secondary N) is 1. The third-order valence-corrected chi connectivity index (χ3v) is 2.41. The van der Waals surface area contributed by atoms with E-state index in [2.05, 4.69) is 10.3 Å². The second kappa shape index (κ2) is 5.18. The predicted molar refractivity (Wildman–Crippen MR) is 67.3 cm³/mol. The summed E-state index contributed by atoms with van der Waals surface area (Å²) in [5.74, 6) is -2.29. The van der Waals surface area contributed by atoms with Crippen LogP contribution in [-0.4, -0.2) is 27.1 Å². The molecule has 0 atom stereocenters. The standard InChI is InChI=1S/C13H10N2O4/c16-11-8(13(18)19)4-3-6-9(11)15-12(17)10-5-1-2-7-14-10/h1-7,16H,(H,15,17)(H,18,19). The molecule has 0 radical (unpaired) electrons. The van der Waals surface area contributed by atoms with Crippen LogP contribution < -0.4 is 5.32 Å².